The third kappa shape index (κ3) is 2.30. The standard InChI is InChI=1S/C13H17N3O2/c1-8(12(14)16-18)7-15-13(17)11-6-9-4-2-3-5-10(9)11/h2-5,8,11,18H,6-7H2,1H3,(H2,14,16)(H,15,17). The van der Waals surface area contributed by atoms with Crippen LogP contribution in [0, 0.1) is 5.92 Å². The van der Waals surface area contributed by atoms with Crippen molar-refractivity contribution in [1.82, 2.24) is 5.32 Å². The number of fused-ring (bicyclic) bond motifs is 1. The molecular weight excluding hydrogens is 230 g/mol. The van der Waals surface area contributed by atoms with Gasteiger partial charge in [0.25, 0.3) is 0 Å². The van der Waals surface area contributed by atoms with E-state index in [4.69, 9.17) is 10.9 Å². The van der Waals surface area contributed by atoms with Gasteiger partial charge in [-0.15, -0.1) is 0 Å². The van der Waals surface area contributed by atoms with E-state index in [1.807, 2.05) is 24.3 Å². The molecule has 0 heterocycles. The van der Waals surface area contributed by atoms with Gasteiger partial charge in [0, 0.05) is 12.5 Å². The average molecular weight is 247 g/mol. The highest BCUT2D eigenvalue weighted by atomic mass is 16.4. The topological polar surface area (TPSA) is 87.7 Å². The number of rotatable bonds is 4. The van der Waals surface area contributed by atoms with Gasteiger partial charge in [-0.2, -0.15) is 0 Å². The van der Waals surface area contributed by atoms with Crippen LogP contribution in [0.2, 0.25) is 0 Å². The summed E-state index contributed by atoms with van der Waals surface area (Å²) in [7, 11) is 0. The summed E-state index contributed by atoms with van der Waals surface area (Å²) in [6, 6.07) is 7.94. The van der Waals surface area contributed by atoms with E-state index in [1.54, 1.807) is 6.92 Å². The van der Waals surface area contributed by atoms with Crippen LogP contribution < -0.4 is 11.1 Å². The molecule has 0 saturated carbocycles. The molecule has 1 aromatic carbocycles. The minimum absolute atomic E-state index is 0.00582. The lowest BCUT2D eigenvalue weighted by molar-refractivity contribution is -0.123. The Labute approximate surface area is 106 Å². The number of hydrogen-bond donors (Lipinski definition) is 3. The number of nitrogens with zero attached hydrogens (tertiary/aromatic N) is 1. The predicted molar refractivity (Wildman–Crippen MR) is 68.5 cm³/mol. The quantitative estimate of drug-likeness (QED) is 0.318. The number of oxime groups is 1. The van der Waals surface area contributed by atoms with Crippen LogP contribution >= 0.6 is 0 Å². The molecule has 96 valence electrons. The summed E-state index contributed by atoms with van der Waals surface area (Å²) >= 11 is 0. The van der Waals surface area contributed by atoms with Crippen LogP contribution in [0.5, 0.6) is 0 Å². The molecule has 1 aliphatic carbocycles. The molecule has 0 fully saturated rings. The first-order valence-corrected chi connectivity index (χ1v) is 5.96. The number of amidine groups is 1. The first-order chi connectivity index (χ1) is 8.63. The van der Waals surface area contributed by atoms with Crippen LogP contribution in [0.15, 0.2) is 29.4 Å². The van der Waals surface area contributed by atoms with Crippen molar-refractivity contribution >= 4 is 11.7 Å². The van der Waals surface area contributed by atoms with Crippen LogP contribution in [0.1, 0.15) is 24.0 Å². The fourth-order valence-corrected chi connectivity index (χ4v) is 2.07. The molecule has 0 saturated heterocycles. The monoisotopic (exact) mass is 247 g/mol. The van der Waals surface area contributed by atoms with E-state index < -0.39 is 0 Å². The molecule has 0 aliphatic heterocycles. The summed E-state index contributed by atoms with van der Waals surface area (Å²) in [5, 5.41) is 14.3. The summed E-state index contributed by atoms with van der Waals surface area (Å²) in [5.74, 6) is -0.0921. The van der Waals surface area contributed by atoms with E-state index in [1.165, 1.54) is 5.56 Å². The second-order valence-corrected chi connectivity index (χ2v) is 4.63. The molecule has 5 nitrogen and oxygen atoms in total. The van der Waals surface area contributed by atoms with Crippen molar-refractivity contribution in [1.29, 1.82) is 0 Å². The maximum atomic E-state index is 11.9. The smallest absolute Gasteiger partial charge is 0.227 e. The Morgan fingerprint density at radius 2 is 2.33 bits per heavy atom. The van der Waals surface area contributed by atoms with E-state index >= 15 is 0 Å². The number of nitrogens with two attached hydrogens (primary N) is 1. The third-order valence-corrected chi connectivity index (χ3v) is 3.37. The van der Waals surface area contributed by atoms with Gasteiger partial charge < -0.3 is 16.3 Å². The van der Waals surface area contributed by atoms with E-state index in [0.717, 1.165) is 12.0 Å². The highest BCUT2D eigenvalue weighted by Crippen LogP contribution is 2.34. The maximum absolute atomic E-state index is 11.9. The van der Waals surface area contributed by atoms with Gasteiger partial charge in [-0.05, 0) is 17.5 Å². The van der Waals surface area contributed by atoms with Crippen molar-refractivity contribution in [2.45, 2.75) is 19.3 Å². The number of benzene rings is 1. The molecule has 2 atom stereocenters. The Hall–Kier alpha value is -2.04. The summed E-state index contributed by atoms with van der Waals surface area (Å²) in [6.45, 7) is 2.18. The van der Waals surface area contributed by atoms with Crippen molar-refractivity contribution in [2.75, 3.05) is 6.54 Å². The predicted octanol–water partition coefficient (Wildman–Crippen LogP) is 0.825. The maximum Gasteiger partial charge on any atom is 0.227 e. The van der Waals surface area contributed by atoms with Gasteiger partial charge in [-0.3, -0.25) is 4.79 Å². The lowest BCUT2D eigenvalue weighted by Gasteiger charge is -2.29. The number of amides is 1. The lowest BCUT2D eigenvalue weighted by Crippen LogP contribution is -2.40. The Bertz CT molecular complexity index is 485. The minimum Gasteiger partial charge on any atom is -0.409 e. The molecule has 5 heteroatoms. The van der Waals surface area contributed by atoms with E-state index in [9.17, 15) is 4.79 Å². The fraction of sp³-hybridized carbons (Fsp3) is 0.385. The zero-order valence-electron chi connectivity index (χ0n) is 10.3. The SMILES string of the molecule is CC(CNC(=O)C1Cc2ccccc21)C(N)=NO. The molecule has 1 amide bonds. The van der Waals surface area contributed by atoms with Gasteiger partial charge in [-0.1, -0.05) is 36.3 Å². The van der Waals surface area contributed by atoms with Crippen molar-refractivity contribution in [2.24, 2.45) is 16.8 Å². The molecule has 0 radical (unpaired) electrons. The summed E-state index contributed by atoms with van der Waals surface area (Å²) in [6.07, 6.45) is 0.792. The molecule has 4 N–H and O–H groups in total. The lowest BCUT2D eigenvalue weighted by atomic mass is 9.77. The summed E-state index contributed by atoms with van der Waals surface area (Å²) in [5.41, 5.74) is 7.79. The third-order valence-electron chi connectivity index (χ3n) is 3.37. The number of carbonyl (C=O) groups is 1. The molecule has 2 unspecified atom stereocenters. The molecule has 0 aromatic heterocycles. The minimum atomic E-state index is -0.172. The zero-order valence-corrected chi connectivity index (χ0v) is 10.3. The van der Waals surface area contributed by atoms with Crippen LogP contribution in [0.3, 0.4) is 0 Å². The molecule has 2 rings (SSSR count). The normalized spacial score (nSPS) is 19.6. The van der Waals surface area contributed by atoms with Gasteiger partial charge in [0.15, 0.2) is 0 Å². The molecule has 1 aliphatic rings. The van der Waals surface area contributed by atoms with Crippen LogP contribution in [0.4, 0.5) is 0 Å². The van der Waals surface area contributed by atoms with Crippen molar-refractivity contribution in [3.05, 3.63) is 35.4 Å². The second kappa shape index (κ2) is 5.08. The average Bonchev–Trinajstić information content (AvgIpc) is 2.36. The largest absolute Gasteiger partial charge is 0.409 e. The van der Waals surface area contributed by atoms with Crippen molar-refractivity contribution in [3.8, 4) is 0 Å². The molecular formula is C13H17N3O2. The Kier molecular flexibility index (Phi) is 3.50. The Morgan fingerprint density at radius 3 is 3.00 bits per heavy atom. The highest BCUT2D eigenvalue weighted by molar-refractivity contribution is 5.88. The first kappa shape index (κ1) is 12.4. The van der Waals surface area contributed by atoms with Crippen LogP contribution in [-0.4, -0.2) is 23.5 Å². The van der Waals surface area contributed by atoms with Gasteiger partial charge >= 0.3 is 0 Å². The van der Waals surface area contributed by atoms with Crippen LogP contribution in [-0.2, 0) is 11.2 Å². The van der Waals surface area contributed by atoms with Crippen LogP contribution in [0.25, 0.3) is 0 Å². The van der Waals surface area contributed by atoms with Gasteiger partial charge in [-0.25, -0.2) is 0 Å². The van der Waals surface area contributed by atoms with E-state index in [2.05, 4.69) is 10.5 Å². The van der Waals surface area contributed by atoms with Crippen molar-refractivity contribution < 1.29 is 10.0 Å². The van der Waals surface area contributed by atoms with Gasteiger partial charge in [0.2, 0.25) is 5.91 Å². The number of nitrogens with one attached hydrogen (secondary N) is 1. The fourth-order valence-electron chi connectivity index (χ4n) is 2.07. The van der Waals surface area contributed by atoms with E-state index in [-0.39, 0.29) is 23.6 Å². The Balaban J connectivity index is 1.88. The first-order valence-electron chi connectivity index (χ1n) is 5.96. The van der Waals surface area contributed by atoms with Gasteiger partial charge in [0.05, 0.1) is 5.92 Å². The van der Waals surface area contributed by atoms with Crippen molar-refractivity contribution in [3.63, 3.8) is 0 Å². The highest BCUT2D eigenvalue weighted by Gasteiger charge is 2.31. The summed E-state index contributed by atoms with van der Waals surface area (Å²) < 4.78 is 0. The second-order valence-electron chi connectivity index (χ2n) is 4.63. The van der Waals surface area contributed by atoms with Gasteiger partial charge in [0.1, 0.15) is 5.84 Å². The number of carbonyl (C=O) groups excluding carboxylic acids is 1. The number of hydrogen-bond acceptors (Lipinski definition) is 3. The molecule has 0 spiro atoms. The molecule has 0 bridgehead atoms. The molecule has 1 aromatic rings. The zero-order chi connectivity index (χ0) is 13.1. The summed E-state index contributed by atoms with van der Waals surface area (Å²) in [4.78, 5) is 11.9. The Morgan fingerprint density at radius 1 is 1.61 bits per heavy atom. The van der Waals surface area contributed by atoms with E-state index in [0.29, 0.717) is 6.54 Å². The molecule has 18 heavy (non-hydrogen) atoms.